The Balaban J connectivity index is 3.02. The number of rotatable bonds is 2. The topological polar surface area (TPSA) is 73.1 Å². The van der Waals surface area contributed by atoms with Gasteiger partial charge in [0.15, 0.2) is 0 Å². The molecule has 0 heterocycles. The zero-order valence-electron chi connectivity index (χ0n) is 3.29. The first-order chi connectivity index (χ1) is 3.27. The quantitative estimate of drug-likeness (QED) is 0.452. The highest BCUT2D eigenvalue weighted by Gasteiger charge is 1.76. The fourth-order valence-corrected chi connectivity index (χ4v) is 0.223. The molecule has 0 aliphatic carbocycles. The van der Waals surface area contributed by atoms with E-state index in [9.17, 15) is 8.76 Å². The van der Waals surface area contributed by atoms with Crippen molar-refractivity contribution >= 4 is 11.4 Å². The zero-order valence-corrected chi connectivity index (χ0v) is 4.10. The molecular formula is C2H2NO3S-. The van der Waals surface area contributed by atoms with Gasteiger partial charge in [-0.1, -0.05) is 0 Å². The zero-order chi connectivity index (χ0) is 5.70. The van der Waals surface area contributed by atoms with Crippen LogP contribution in [0.25, 0.3) is 0 Å². The van der Waals surface area contributed by atoms with E-state index >= 15 is 0 Å². The van der Waals surface area contributed by atoms with E-state index in [1.807, 2.05) is 0 Å². The summed E-state index contributed by atoms with van der Waals surface area (Å²) in [6.07, 6.45) is 0. The minimum atomic E-state index is -2.54. The molecule has 0 N–H and O–H groups in total. The van der Waals surface area contributed by atoms with Crippen molar-refractivity contribution in [3.8, 4) is 6.07 Å². The smallest absolute Gasteiger partial charge is 0.149 e. The molecule has 0 radical (unpaired) electrons. The van der Waals surface area contributed by atoms with Gasteiger partial charge in [-0.15, -0.1) is 0 Å². The molecule has 5 heteroatoms. The standard InChI is InChI=1S/C2H3NO3S/c3-1-2-6-7(4)5/h2H2,(H,4,5)/p-1. The largest absolute Gasteiger partial charge is 0.750 e. The van der Waals surface area contributed by atoms with Crippen LogP contribution in [0.15, 0.2) is 0 Å². The third-order valence-electron chi connectivity index (χ3n) is 0.220. The third kappa shape index (κ3) is 5.56. The predicted molar refractivity (Wildman–Crippen MR) is 20.5 cm³/mol. The number of nitrogens with zero attached hydrogens (tertiary/aromatic N) is 1. The molecule has 1 atom stereocenters. The molecule has 0 aromatic rings. The summed E-state index contributed by atoms with van der Waals surface area (Å²) in [5, 5.41) is 7.67. The van der Waals surface area contributed by atoms with Gasteiger partial charge in [-0.25, -0.2) is 4.21 Å². The molecule has 0 saturated carbocycles. The normalized spacial score (nSPS) is 12.6. The van der Waals surface area contributed by atoms with Crippen molar-refractivity contribution in [3.05, 3.63) is 0 Å². The van der Waals surface area contributed by atoms with Crippen LogP contribution in [-0.4, -0.2) is 15.4 Å². The molecule has 4 nitrogen and oxygen atoms in total. The van der Waals surface area contributed by atoms with Crippen LogP contribution in [0.5, 0.6) is 0 Å². The molecule has 0 aromatic heterocycles. The lowest BCUT2D eigenvalue weighted by Crippen LogP contribution is -1.93. The van der Waals surface area contributed by atoms with E-state index < -0.39 is 18.0 Å². The average Bonchev–Trinajstić information content (AvgIpc) is 1.61. The van der Waals surface area contributed by atoms with Gasteiger partial charge in [-0.2, -0.15) is 5.26 Å². The van der Waals surface area contributed by atoms with Gasteiger partial charge < -0.3 is 4.55 Å². The minimum absolute atomic E-state index is 0.407. The average molecular weight is 120 g/mol. The predicted octanol–water partition coefficient (Wildman–Crippen LogP) is -0.679. The fourth-order valence-electron chi connectivity index (χ4n) is 0.0745. The van der Waals surface area contributed by atoms with Crippen LogP contribution >= 0.6 is 0 Å². The monoisotopic (exact) mass is 120 g/mol. The molecule has 0 saturated heterocycles. The van der Waals surface area contributed by atoms with Crippen LogP contribution in [0.3, 0.4) is 0 Å². The summed E-state index contributed by atoms with van der Waals surface area (Å²) in [6.45, 7) is -0.407. The number of hydrogen-bond donors (Lipinski definition) is 0. The SMILES string of the molecule is N#CCOS(=O)[O-]. The van der Waals surface area contributed by atoms with E-state index in [-0.39, 0.29) is 0 Å². The van der Waals surface area contributed by atoms with E-state index in [0.29, 0.717) is 0 Å². The van der Waals surface area contributed by atoms with E-state index in [4.69, 9.17) is 5.26 Å². The van der Waals surface area contributed by atoms with Crippen molar-refractivity contribution in [2.75, 3.05) is 6.61 Å². The molecule has 0 amide bonds. The maximum atomic E-state index is 9.38. The van der Waals surface area contributed by atoms with Crippen LogP contribution < -0.4 is 0 Å². The summed E-state index contributed by atoms with van der Waals surface area (Å²) in [4.78, 5) is 0. The van der Waals surface area contributed by atoms with Gasteiger partial charge in [-0.05, 0) is 0 Å². The first kappa shape index (κ1) is 6.56. The first-order valence-electron chi connectivity index (χ1n) is 1.37. The second-order valence-corrected chi connectivity index (χ2v) is 1.27. The lowest BCUT2D eigenvalue weighted by Gasteiger charge is -1.97. The van der Waals surface area contributed by atoms with Crippen LogP contribution in [-0.2, 0) is 15.5 Å². The van der Waals surface area contributed by atoms with Crippen LogP contribution in [0.4, 0.5) is 0 Å². The van der Waals surface area contributed by atoms with E-state index in [2.05, 4.69) is 4.18 Å². The highest BCUT2D eigenvalue weighted by atomic mass is 32.2. The van der Waals surface area contributed by atoms with Gasteiger partial charge >= 0.3 is 0 Å². The summed E-state index contributed by atoms with van der Waals surface area (Å²) >= 11 is -2.54. The summed E-state index contributed by atoms with van der Waals surface area (Å²) in [6, 6.07) is 1.48. The maximum absolute atomic E-state index is 9.38. The molecule has 7 heavy (non-hydrogen) atoms. The second-order valence-electron chi connectivity index (χ2n) is 0.624. The van der Waals surface area contributed by atoms with Crippen LogP contribution in [0.1, 0.15) is 0 Å². The van der Waals surface area contributed by atoms with E-state index in [1.54, 1.807) is 0 Å². The van der Waals surface area contributed by atoms with E-state index in [1.165, 1.54) is 6.07 Å². The molecule has 0 aliphatic heterocycles. The van der Waals surface area contributed by atoms with Gasteiger partial charge in [0.05, 0.1) is 17.4 Å². The number of hydrogen-bond acceptors (Lipinski definition) is 4. The van der Waals surface area contributed by atoms with Crippen molar-refractivity contribution in [1.82, 2.24) is 0 Å². The van der Waals surface area contributed by atoms with Crippen molar-refractivity contribution in [3.63, 3.8) is 0 Å². The van der Waals surface area contributed by atoms with Crippen LogP contribution in [0.2, 0.25) is 0 Å². The molecular weight excluding hydrogens is 118 g/mol. The lowest BCUT2D eigenvalue weighted by molar-refractivity contribution is 0.338. The van der Waals surface area contributed by atoms with Crippen molar-refractivity contribution in [2.24, 2.45) is 0 Å². The Morgan fingerprint density at radius 1 is 2.00 bits per heavy atom. The second kappa shape index (κ2) is 3.74. The summed E-state index contributed by atoms with van der Waals surface area (Å²) in [5.41, 5.74) is 0. The Labute approximate surface area is 43.2 Å². The molecule has 0 aromatic carbocycles. The Hall–Kier alpha value is -0.440. The van der Waals surface area contributed by atoms with Crippen molar-refractivity contribution in [1.29, 1.82) is 5.26 Å². The van der Waals surface area contributed by atoms with Gasteiger partial charge in [0.2, 0.25) is 0 Å². The fraction of sp³-hybridized carbons (Fsp3) is 0.500. The summed E-state index contributed by atoms with van der Waals surface area (Å²) in [5.74, 6) is 0. The highest BCUT2D eigenvalue weighted by Crippen LogP contribution is 1.73. The molecule has 0 spiro atoms. The van der Waals surface area contributed by atoms with Crippen LogP contribution in [0, 0.1) is 11.3 Å². The number of nitriles is 1. The summed E-state index contributed by atoms with van der Waals surface area (Å²) < 4.78 is 22.5. The van der Waals surface area contributed by atoms with Gasteiger partial charge in [0.25, 0.3) is 0 Å². The maximum Gasteiger partial charge on any atom is 0.149 e. The molecule has 0 rings (SSSR count). The molecule has 1 unspecified atom stereocenters. The van der Waals surface area contributed by atoms with Gasteiger partial charge in [0.1, 0.15) is 6.61 Å². The highest BCUT2D eigenvalue weighted by molar-refractivity contribution is 7.74. The Bertz CT molecular complexity index is 106. The molecule has 0 aliphatic rings. The summed E-state index contributed by atoms with van der Waals surface area (Å²) in [7, 11) is 0. The Morgan fingerprint density at radius 3 is 2.71 bits per heavy atom. The minimum Gasteiger partial charge on any atom is -0.750 e. The Kier molecular flexibility index (Phi) is 3.50. The third-order valence-corrected chi connectivity index (χ3v) is 0.530. The van der Waals surface area contributed by atoms with Crippen molar-refractivity contribution in [2.45, 2.75) is 0 Å². The molecule has 0 fully saturated rings. The molecule has 0 bridgehead atoms. The molecule has 40 valence electrons. The van der Waals surface area contributed by atoms with Gasteiger partial charge in [-0.3, -0.25) is 4.18 Å². The lowest BCUT2D eigenvalue weighted by atomic mass is 10.9. The van der Waals surface area contributed by atoms with E-state index in [0.717, 1.165) is 0 Å². The Morgan fingerprint density at radius 2 is 2.57 bits per heavy atom. The van der Waals surface area contributed by atoms with Crippen molar-refractivity contribution < 1.29 is 12.9 Å². The first-order valence-corrected chi connectivity index (χ1v) is 2.37. The van der Waals surface area contributed by atoms with Gasteiger partial charge in [0, 0.05) is 0 Å².